The molecule has 0 aromatic carbocycles. The first-order valence-electron chi connectivity index (χ1n) is 13.3. The second kappa shape index (κ2) is 14.2. The number of piperazine rings is 2. The van der Waals surface area contributed by atoms with Crippen LogP contribution in [0.3, 0.4) is 0 Å². The minimum Gasteiger partial charge on any atom is -0.389 e. The maximum atomic E-state index is 9.28. The fourth-order valence-electron chi connectivity index (χ4n) is 4.84. The third-order valence-electron chi connectivity index (χ3n) is 7.09. The molecule has 0 atom stereocenters. The van der Waals surface area contributed by atoms with Gasteiger partial charge < -0.3 is 30.3 Å². The van der Waals surface area contributed by atoms with E-state index in [9.17, 15) is 5.26 Å². The van der Waals surface area contributed by atoms with Gasteiger partial charge in [0.15, 0.2) is 0 Å². The van der Waals surface area contributed by atoms with Crippen LogP contribution in [-0.4, -0.2) is 77.2 Å². The van der Waals surface area contributed by atoms with Crippen LogP contribution in [0.5, 0.6) is 0 Å². The van der Waals surface area contributed by atoms with E-state index in [-0.39, 0.29) is 4.99 Å². The Bertz CT molecular complexity index is 1490. The van der Waals surface area contributed by atoms with Gasteiger partial charge in [-0.25, -0.2) is 9.97 Å². The van der Waals surface area contributed by atoms with E-state index in [1.165, 1.54) is 0 Å². The largest absolute Gasteiger partial charge is 0.389 e. The number of aromatic amines is 1. The van der Waals surface area contributed by atoms with Gasteiger partial charge in [0, 0.05) is 76.6 Å². The van der Waals surface area contributed by atoms with Crippen LogP contribution in [0.15, 0.2) is 72.3 Å². The number of anilines is 3. The van der Waals surface area contributed by atoms with Crippen molar-refractivity contribution < 1.29 is 0 Å². The molecule has 3 N–H and O–H groups in total. The van der Waals surface area contributed by atoms with E-state index in [2.05, 4.69) is 46.7 Å². The Balaban J connectivity index is 0.000000189. The van der Waals surface area contributed by atoms with Crippen LogP contribution in [0.1, 0.15) is 12.5 Å². The van der Waals surface area contributed by atoms with Gasteiger partial charge in [-0.2, -0.15) is 10.5 Å². The molecule has 0 amide bonds. The van der Waals surface area contributed by atoms with E-state index >= 15 is 0 Å². The van der Waals surface area contributed by atoms with Crippen molar-refractivity contribution >= 4 is 46.7 Å². The van der Waals surface area contributed by atoms with E-state index in [0.29, 0.717) is 15.8 Å². The number of thiocarbonyl (C=S) groups is 1. The summed E-state index contributed by atoms with van der Waals surface area (Å²) in [6, 6.07) is 18.1. The second-order valence-electron chi connectivity index (χ2n) is 9.44. The fraction of sp³-hybridized carbons (Fsp3) is 0.310. The molecule has 0 spiro atoms. The molecule has 0 unspecified atom stereocenters. The van der Waals surface area contributed by atoms with Crippen molar-refractivity contribution in [3.63, 3.8) is 0 Å². The van der Waals surface area contributed by atoms with Crippen molar-refractivity contribution in [1.29, 1.82) is 10.5 Å². The van der Waals surface area contributed by atoms with Crippen LogP contribution in [0, 0.1) is 27.3 Å². The summed E-state index contributed by atoms with van der Waals surface area (Å²) in [5.74, 6) is 1.99. The first-order chi connectivity index (χ1) is 19.9. The smallest absolute Gasteiger partial charge is 0.128 e. The highest BCUT2D eigenvalue weighted by atomic mass is 32.1. The molecule has 0 bridgehead atoms. The lowest BCUT2D eigenvalue weighted by molar-refractivity contribution is 0.320. The van der Waals surface area contributed by atoms with Gasteiger partial charge in [-0.05, 0) is 37.3 Å². The molecule has 2 fully saturated rings. The maximum Gasteiger partial charge on any atom is 0.128 e. The zero-order chi connectivity index (χ0) is 29.2. The molecule has 5 heterocycles. The lowest BCUT2D eigenvalue weighted by Gasteiger charge is -2.37. The molecule has 3 aromatic rings. The van der Waals surface area contributed by atoms with Gasteiger partial charge in [0.05, 0.1) is 5.69 Å². The standard InChI is InChI=1S/C15H15N5S.C14H17N5S/c16-11-12-13(4-6-18-15(12)21)19-7-9-20(10-8-19)14-3-1-2-5-17-14;1-11(12(10-15)14(16)20)18-6-8-19(9-7-18)13-4-2-3-5-17-13/h1-6H,7-10H2,(H,18,21);2-5H,6-9H2,1H3,(H2,16,20)/b;12-11-. The lowest BCUT2D eigenvalue weighted by atomic mass is 10.2. The summed E-state index contributed by atoms with van der Waals surface area (Å²) in [6.07, 6.45) is 5.41. The fourth-order valence-corrected chi connectivity index (χ4v) is 5.25. The highest BCUT2D eigenvalue weighted by Crippen LogP contribution is 2.23. The lowest BCUT2D eigenvalue weighted by Crippen LogP contribution is -2.47. The number of nitrogens with two attached hydrogens (primary N) is 1. The second-order valence-corrected chi connectivity index (χ2v) is 10.3. The summed E-state index contributed by atoms with van der Waals surface area (Å²) in [4.78, 5) is 20.7. The molecule has 0 radical (unpaired) electrons. The van der Waals surface area contributed by atoms with Gasteiger partial charge in [-0.15, -0.1) is 0 Å². The van der Waals surface area contributed by atoms with Crippen molar-refractivity contribution in [1.82, 2.24) is 19.9 Å². The van der Waals surface area contributed by atoms with Crippen molar-refractivity contribution in [2.24, 2.45) is 5.73 Å². The third kappa shape index (κ3) is 7.37. The monoisotopic (exact) mass is 584 g/mol. The summed E-state index contributed by atoms with van der Waals surface area (Å²) in [5, 5.41) is 18.4. The molecule has 210 valence electrons. The first-order valence-corrected chi connectivity index (χ1v) is 14.1. The minimum absolute atomic E-state index is 0.164. The Morgan fingerprint density at radius 3 is 1.85 bits per heavy atom. The van der Waals surface area contributed by atoms with Crippen molar-refractivity contribution in [3.8, 4) is 12.1 Å². The van der Waals surface area contributed by atoms with E-state index in [1.54, 1.807) is 12.4 Å². The number of hydrogen-bond donors (Lipinski definition) is 2. The number of nitrogens with zero attached hydrogens (tertiary/aromatic N) is 8. The Morgan fingerprint density at radius 1 is 0.854 bits per heavy atom. The number of pyridine rings is 3. The Kier molecular flexibility index (Phi) is 10.2. The molecule has 5 rings (SSSR count). The summed E-state index contributed by atoms with van der Waals surface area (Å²) in [6.45, 7) is 8.75. The average Bonchev–Trinajstić information content (AvgIpc) is 3.02. The Morgan fingerprint density at radius 2 is 1.39 bits per heavy atom. The summed E-state index contributed by atoms with van der Waals surface area (Å²) >= 11 is 10.1. The van der Waals surface area contributed by atoms with Crippen molar-refractivity contribution in [3.05, 3.63) is 82.5 Å². The summed E-state index contributed by atoms with van der Waals surface area (Å²) < 4.78 is 0.502. The highest BCUT2D eigenvalue weighted by molar-refractivity contribution is 7.80. The van der Waals surface area contributed by atoms with Crippen LogP contribution < -0.4 is 20.4 Å². The molecule has 2 aliphatic heterocycles. The summed E-state index contributed by atoms with van der Waals surface area (Å²) in [5.41, 5.74) is 8.32. The van der Waals surface area contributed by atoms with E-state index in [4.69, 9.17) is 35.4 Å². The average molecular weight is 585 g/mol. The van der Waals surface area contributed by atoms with Gasteiger partial charge in [0.2, 0.25) is 0 Å². The number of rotatable bonds is 5. The van der Waals surface area contributed by atoms with Gasteiger partial charge >= 0.3 is 0 Å². The van der Waals surface area contributed by atoms with Crippen LogP contribution in [0.4, 0.5) is 17.3 Å². The van der Waals surface area contributed by atoms with Crippen molar-refractivity contribution in [2.75, 3.05) is 67.1 Å². The third-order valence-corrected chi connectivity index (χ3v) is 7.62. The molecule has 12 heteroatoms. The van der Waals surface area contributed by atoms with Crippen LogP contribution in [-0.2, 0) is 0 Å². The molecule has 2 saturated heterocycles. The zero-order valence-corrected chi connectivity index (χ0v) is 24.5. The van der Waals surface area contributed by atoms with Crippen LogP contribution >= 0.6 is 24.4 Å². The molecule has 3 aromatic heterocycles. The zero-order valence-electron chi connectivity index (χ0n) is 22.9. The first kappa shape index (κ1) is 29.5. The van der Waals surface area contributed by atoms with E-state index in [0.717, 1.165) is 75.4 Å². The molecule has 10 nitrogen and oxygen atoms in total. The van der Waals surface area contributed by atoms with Gasteiger partial charge in [0.1, 0.15) is 44.5 Å². The van der Waals surface area contributed by atoms with Crippen molar-refractivity contribution in [2.45, 2.75) is 6.92 Å². The Labute approximate surface area is 251 Å². The maximum absolute atomic E-state index is 9.28. The van der Waals surface area contributed by atoms with Gasteiger partial charge in [-0.1, -0.05) is 36.6 Å². The molecule has 0 aliphatic carbocycles. The summed E-state index contributed by atoms with van der Waals surface area (Å²) in [7, 11) is 0. The topological polar surface area (TPSA) is 128 Å². The quantitative estimate of drug-likeness (QED) is 0.259. The van der Waals surface area contributed by atoms with E-state index < -0.39 is 0 Å². The minimum atomic E-state index is 0.164. The molecule has 41 heavy (non-hydrogen) atoms. The van der Waals surface area contributed by atoms with E-state index in [1.807, 2.05) is 55.6 Å². The molecule has 0 saturated carbocycles. The Hall–Kier alpha value is -4.52. The number of nitrogens with one attached hydrogen (secondary N) is 1. The van der Waals surface area contributed by atoms with Crippen LogP contribution in [0.25, 0.3) is 0 Å². The predicted molar refractivity (Wildman–Crippen MR) is 168 cm³/mol. The van der Waals surface area contributed by atoms with Crippen LogP contribution in [0.2, 0.25) is 0 Å². The number of nitriles is 2. The molecular formula is C29H32N10S2. The molecular weight excluding hydrogens is 553 g/mol. The number of allylic oxidation sites excluding steroid dienone is 1. The number of hydrogen-bond acceptors (Lipinski definition) is 10. The van der Waals surface area contributed by atoms with Gasteiger partial charge in [-0.3, -0.25) is 0 Å². The van der Waals surface area contributed by atoms with Gasteiger partial charge in [0.25, 0.3) is 0 Å². The molecule has 2 aliphatic rings. The predicted octanol–water partition coefficient (Wildman–Crippen LogP) is 3.62. The normalized spacial score (nSPS) is 15.6. The number of aromatic nitrogens is 3. The highest BCUT2D eigenvalue weighted by Gasteiger charge is 2.21. The SMILES string of the molecule is C/C(=C(\C#N)C(N)=S)N1CCN(c2ccccn2)CC1.N#Cc1c(N2CCN(c3ccccn3)CC2)cc[nH]c1=S. The number of H-pyrrole nitrogens is 1.